The van der Waals surface area contributed by atoms with Crippen molar-refractivity contribution < 1.29 is 4.43 Å². The van der Waals surface area contributed by atoms with Crippen molar-refractivity contribution in [1.29, 1.82) is 0 Å². The van der Waals surface area contributed by atoms with E-state index in [4.69, 9.17) is 10.2 Å². The van der Waals surface area contributed by atoms with Gasteiger partial charge in [0.1, 0.15) is 0 Å². The van der Waals surface area contributed by atoms with E-state index in [9.17, 15) is 0 Å². The summed E-state index contributed by atoms with van der Waals surface area (Å²) in [5.74, 6) is 0.851. The van der Waals surface area contributed by atoms with Crippen molar-refractivity contribution in [3.05, 3.63) is 28.8 Å². The van der Waals surface area contributed by atoms with E-state index in [0.717, 1.165) is 5.69 Å². The van der Waals surface area contributed by atoms with Gasteiger partial charge in [-0.15, -0.1) is 0 Å². The molecule has 1 aromatic carbocycles. The van der Waals surface area contributed by atoms with Gasteiger partial charge in [0, 0.05) is 5.69 Å². The number of nitrogens with two attached hydrogens (primary N) is 1. The normalized spacial score (nSPS) is 14.2. The van der Waals surface area contributed by atoms with Gasteiger partial charge in [0.2, 0.25) is 0 Å². The van der Waals surface area contributed by atoms with Crippen molar-refractivity contribution in [2.45, 2.75) is 79.5 Å². The second-order valence-corrected chi connectivity index (χ2v) is 10.7. The minimum atomic E-state index is -1.12. The fourth-order valence-electron chi connectivity index (χ4n) is 2.88. The lowest BCUT2D eigenvalue weighted by Crippen LogP contribution is -2.26. The number of rotatable bonds is 5. The van der Waals surface area contributed by atoms with Crippen molar-refractivity contribution in [3.8, 4) is 0 Å². The Labute approximate surface area is 139 Å². The molecule has 0 saturated heterocycles. The molecule has 0 aliphatic heterocycles. The zero-order valence-corrected chi connectivity index (χ0v) is 17.1. The van der Waals surface area contributed by atoms with Crippen LogP contribution in [-0.4, -0.2) is 9.04 Å². The van der Waals surface area contributed by atoms with Crippen LogP contribution in [0.5, 0.6) is 0 Å². The van der Waals surface area contributed by atoms with Crippen LogP contribution in [0.4, 0.5) is 5.69 Å². The molecule has 0 radical (unpaired) electrons. The standard InChI is InChI=1S/C19H35NOSi/c1-12(2)15-10-14(11-16(13(3)4)17(15)20)18(19(5,6)7)21-22(8)9/h10-13,18,22H,20H2,1-9H3. The molecule has 0 bridgehead atoms. The third-order valence-electron chi connectivity index (χ3n) is 4.01. The van der Waals surface area contributed by atoms with Gasteiger partial charge < -0.3 is 10.2 Å². The maximum Gasteiger partial charge on any atom is 0.171 e. The third kappa shape index (κ3) is 4.59. The molecule has 1 unspecified atom stereocenters. The summed E-state index contributed by atoms with van der Waals surface area (Å²) in [5.41, 5.74) is 11.3. The summed E-state index contributed by atoms with van der Waals surface area (Å²) in [6.07, 6.45) is 0.134. The number of benzene rings is 1. The molecule has 0 amide bonds. The number of anilines is 1. The Bertz CT molecular complexity index is 472. The number of hydrogen-bond acceptors (Lipinski definition) is 2. The van der Waals surface area contributed by atoms with Crippen LogP contribution in [0.1, 0.15) is 83.1 Å². The predicted octanol–water partition coefficient (Wildman–Crippen LogP) is 5.60. The summed E-state index contributed by atoms with van der Waals surface area (Å²) in [7, 11) is -1.12. The highest BCUT2D eigenvalue weighted by Gasteiger charge is 2.29. The molecule has 2 nitrogen and oxygen atoms in total. The van der Waals surface area contributed by atoms with Gasteiger partial charge in [-0.2, -0.15) is 0 Å². The highest BCUT2D eigenvalue weighted by atomic mass is 28.3. The summed E-state index contributed by atoms with van der Waals surface area (Å²) in [4.78, 5) is 0. The van der Waals surface area contributed by atoms with Crippen LogP contribution in [0.3, 0.4) is 0 Å². The summed E-state index contributed by atoms with van der Waals surface area (Å²) >= 11 is 0. The minimum Gasteiger partial charge on any atom is -0.413 e. The van der Waals surface area contributed by atoms with E-state index >= 15 is 0 Å². The van der Waals surface area contributed by atoms with Gasteiger partial charge in [-0.1, -0.05) is 60.6 Å². The lowest BCUT2D eigenvalue weighted by molar-refractivity contribution is 0.0864. The number of nitrogen functional groups attached to an aromatic ring is 1. The van der Waals surface area contributed by atoms with Crippen LogP contribution in [0.15, 0.2) is 12.1 Å². The zero-order chi connectivity index (χ0) is 17.2. The topological polar surface area (TPSA) is 35.2 Å². The molecule has 1 atom stereocenters. The molecule has 2 N–H and O–H groups in total. The molecule has 0 heterocycles. The summed E-state index contributed by atoms with van der Waals surface area (Å²) in [6.45, 7) is 20.1. The molecule has 1 aromatic rings. The lowest BCUT2D eigenvalue weighted by atomic mass is 9.81. The van der Waals surface area contributed by atoms with Gasteiger partial charge in [0.25, 0.3) is 0 Å². The highest BCUT2D eigenvalue weighted by molar-refractivity contribution is 6.48. The molecule has 0 spiro atoms. The molecule has 0 aliphatic carbocycles. The smallest absolute Gasteiger partial charge is 0.171 e. The van der Waals surface area contributed by atoms with E-state index in [1.54, 1.807) is 0 Å². The van der Waals surface area contributed by atoms with Crippen LogP contribution < -0.4 is 5.73 Å². The fourth-order valence-corrected chi connectivity index (χ4v) is 3.99. The highest BCUT2D eigenvalue weighted by Crippen LogP contribution is 2.41. The summed E-state index contributed by atoms with van der Waals surface area (Å²) in [6, 6.07) is 4.55. The predicted molar refractivity (Wildman–Crippen MR) is 101 cm³/mol. The summed E-state index contributed by atoms with van der Waals surface area (Å²) in [5, 5.41) is 0. The first-order valence-corrected chi connectivity index (χ1v) is 11.3. The molecule has 0 fully saturated rings. The third-order valence-corrected chi connectivity index (χ3v) is 4.82. The maximum atomic E-state index is 6.43. The molecule has 0 aromatic heterocycles. The van der Waals surface area contributed by atoms with Crippen molar-refractivity contribution in [2.24, 2.45) is 5.41 Å². The second-order valence-electron chi connectivity index (χ2n) is 8.35. The van der Waals surface area contributed by atoms with Crippen molar-refractivity contribution in [1.82, 2.24) is 0 Å². The quantitative estimate of drug-likeness (QED) is 0.565. The van der Waals surface area contributed by atoms with Gasteiger partial charge in [-0.05, 0) is 47.0 Å². The Balaban J connectivity index is 3.49. The zero-order valence-electron chi connectivity index (χ0n) is 15.9. The van der Waals surface area contributed by atoms with Crippen molar-refractivity contribution in [2.75, 3.05) is 5.73 Å². The maximum absolute atomic E-state index is 6.43. The largest absolute Gasteiger partial charge is 0.413 e. The Morgan fingerprint density at radius 1 is 0.955 bits per heavy atom. The fraction of sp³-hybridized carbons (Fsp3) is 0.684. The second kappa shape index (κ2) is 7.18. The van der Waals surface area contributed by atoms with Crippen molar-refractivity contribution >= 4 is 14.7 Å². The molecule has 1 rings (SSSR count). The molecular weight excluding hydrogens is 286 g/mol. The monoisotopic (exact) mass is 321 g/mol. The first-order chi connectivity index (χ1) is 9.95. The van der Waals surface area contributed by atoms with Crippen LogP contribution in [0.25, 0.3) is 0 Å². The Morgan fingerprint density at radius 3 is 1.64 bits per heavy atom. The van der Waals surface area contributed by atoms with Crippen LogP contribution in [-0.2, 0) is 4.43 Å². The van der Waals surface area contributed by atoms with Crippen LogP contribution in [0.2, 0.25) is 13.1 Å². The van der Waals surface area contributed by atoms with E-state index in [1.807, 2.05) is 0 Å². The average Bonchev–Trinajstić information content (AvgIpc) is 2.34. The van der Waals surface area contributed by atoms with Gasteiger partial charge in [0.15, 0.2) is 9.04 Å². The molecular formula is C19H35NOSi. The molecule has 3 heteroatoms. The summed E-state index contributed by atoms with van der Waals surface area (Å²) < 4.78 is 6.41. The van der Waals surface area contributed by atoms with Crippen LogP contribution >= 0.6 is 0 Å². The van der Waals surface area contributed by atoms with E-state index in [0.29, 0.717) is 11.8 Å². The molecule has 22 heavy (non-hydrogen) atoms. The Kier molecular flexibility index (Phi) is 6.28. The lowest BCUT2D eigenvalue weighted by Gasteiger charge is -2.34. The SMILES string of the molecule is CC(C)c1cc(C(O[SiH](C)C)C(C)(C)C)cc(C(C)C)c1N. The van der Waals surface area contributed by atoms with E-state index < -0.39 is 9.04 Å². The van der Waals surface area contributed by atoms with Gasteiger partial charge in [0.05, 0.1) is 6.10 Å². The first-order valence-electron chi connectivity index (χ1n) is 8.53. The molecule has 126 valence electrons. The van der Waals surface area contributed by atoms with E-state index in [2.05, 4.69) is 73.7 Å². The van der Waals surface area contributed by atoms with Gasteiger partial charge >= 0.3 is 0 Å². The van der Waals surface area contributed by atoms with Crippen molar-refractivity contribution in [3.63, 3.8) is 0 Å². The van der Waals surface area contributed by atoms with Gasteiger partial charge in [-0.3, -0.25) is 0 Å². The first kappa shape index (κ1) is 19.2. The van der Waals surface area contributed by atoms with Crippen LogP contribution in [0, 0.1) is 5.41 Å². The average molecular weight is 322 g/mol. The number of hydrogen-bond donors (Lipinski definition) is 1. The minimum absolute atomic E-state index is 0.0793. The Morgan fingerprint density at radius 2 is 1.36 bits per heavy atom. The molecule has 0 aliphatic rings. The molecule has 0 saturated carbocycles. The Hall–Kier alpha value is -0.803. The van der Waals surface area contributed by atoms with Gasteiger partial charge in [-0.25, -0.2) is 0 Å². The van der Waals surface area contributed by atoms with E-state index in [-0.39, 0.29) is 11.5 Å². The van der Waals surface area contributed by atoms with E-state index in [1.165, 1.54) is 16.7 Å².